The lowest BCUT2D eigenvalue weighted by atomic mass is 9.75. The van der Waals surface area contributed by atoms with E-state index in [2.05, 4.69) is 0 Å². The van der Waals surface area contributed by atoms with Gasteiger partial charge in [-0.3, -0.25) is 14.5 Å². The molecule has 2 fully saturated rings. The highest BCUT2D eigenvalue weighted by Crippen LogP contribution is 2.41. The molecule has 1 atom stereocenters. The van der Waals surface area contributed by atoms with Gasteiger partial charge in [0.2, 0.25) is 11.8 Å². The molecule has 2 aromatic carbocycles. The third-order valence-corrected chi connectivity index (χ3v) is 8.42. The minimum Gasteiger partial charge on any atom is -0.481 e. The number of aliphatic carboxylic acids is 1. The third-order valence-electron chi connectivity index (χ3n) is 8.42. The second-order valence-electron chi connectivity index (χ2n) is 10.9. The Morgan fingerprint density at radius 1 is 0.974 bits per heavy atom. The van der Waals surface area contributed by atoms with Crippen LogP contribution in [0.4, 0.5) is 29.3 Å². The first-order valence-corrected chi connectivity index (χ1v) is 13.4. The monoisotopic (exact) mass is 543 g/mol. The van der Waals surface area contributed by atoms with E-state index in [-0.39, 0.29) is 57.0 Å². The molecule has 0 radical (unpaired) electrons. The number of fused-ring (bicyclic) bond motifs is 1. The lowest BCUT2D eigenvalue weighted by Gasteiger charge is -2.42. The van der Waals surface area contributed by atoms with Crippen LogP contribution in [-0.4, -0.2) is 59.5 Å². The molecule has 1 N–H and O–H groups in total. The number of alkyl halides is 2. The van der Waals surface area contributed by atoms with Gasteiger partial charge in [-0.15, -0.1) is 0 Å². The fourth-order valence-electron chi connectivity index (χ4n) is 6.24. The van der Waals surface area contributed by atoms with Gasteiger partial charge in [0.1, 0.15) is 5.82 Å². The Morgan fingerprint density at radius 2 is 1.69 bits per heavy atom. The van der Waals surface area contributed by atoms with Crippen molar-refractivity contribution in [3.63, 3.8) is 0 Å². The zero-order valence-electron chi connectivity index (χ0n) is 21.6. The van der Waals surface area contributed by atoms with Crippen LogP contribution in [0.15, 0.2) is 48.5 Å². The Kier molecular flexibility index (Phi) is 7.31. The Balaban J connectivity index is 1.32. The molecule has 7 nitrogen and oxygen atoms in total. The predicted octanol–water partition coefficient (Wildman–Crippen LogP) is 5.48. The van der Waals surface area contributed by atoms with E-state index in [0.717, 1.165) is 0 Å². The van der Waals surface area contributed by atoms with Crippen molar-refractivity contribution in [3.05, 3.63) is 59.9 Å². The van der Waals surface area contributed by atoms with E-state index < -0.39 is 35.7 Å². The number of piperidine rings is 1. The molecule has 2 heterocycles. The predicted molar refractivity (Wildman–Crippen MR) is 139 cm³/mol. The summed E-state index contributed by atoms with van der Waals surface area (Å²) in [4.78, 5) is 44.0. The molecule has 1 saturated heterocycles. The zero-order valence-corrected chi connectivity index (χ0v) is 21.6. The van der Waals surface area contributed by atoms with E-state index >= 15 is 0 Å². The van der Waals surface area contributed by atoms with Gasteiger partial charge in [-0.2, -0.15) is 0 Å². The van der Waals surface area contributed by atoms with Crippen molar-refractivity contribution in [1.82, 2.24) is 4.90 Å². The number of benzene rings is 2. The Bertz CT molecular complexity index is 1250. The van der Waals surface area contributed by atoms with Crippen LogP contribution in [-0.2, 0) is 16.0 Å². The van der Waals surface area contributed by atoms with Gasteiger partial charge in [0, 0.05) is 56.2 Å². The maximum atomic E-state index is 14.3. The highest BCUT2D eigenvalue weighted by molar-refractivity contribution is 5.97. The van der Waals surface area contributed by atoms with Crippen LogP contribution in [0, 0.1) is 11.2 Å². The number of hydrogen-bond acceptors (Lipinski definition) is 3. The molecule has 1 saturated carbocycles. The van der Waals surface area contributed by atoms with E-state index in [1.54, 1.807) is 47.4 Å². The number of likely N-dealkylation sites (tertiary alicyclic amines) is 1. The Labute approximate surface area is 225 Å². The largest absolute Gasteiger partial charge is 0.481 e. The summed E-state index contributed by atoms with van der Waals surface area (Å²) in [5, 5.41) is 10.2. The maximum Gasteiger partial charge on any atom is 0.324 e. The van der Waals surface area contributed by atoms with E-state index in [0.29, 0.717) is 36.3 Å². The van der Waals surface area contributed by atoms with E-state index in [4.69, 9.17) is 0 Å². The first kappa shape index (κ1) is 27.0. The maximum absolute atomic E-state index is 14.3. The normalized spacial score (nSPS) is 21.8. The molecule has 1 unspecified atom stereocenters. The van der Waals surface area contributed by atoms with Gasteiger partial charge in [-0.1, -0.05) is 24.3 Å². The highest BCUT2D eigenvalue weighted by atomic mass is 19.3. The number of carboxylic acid groups (broad SMARTS) is 1. The van der Waals surface area contributed by atoms with Crippen molar-refractivity contribution in [2.45, 2.75) is 63.3 Å². The van der Waals surface area contributed by atoms with Gasteiger partial charge >= 0.3 is 12.0 Å². The molecule has 5 rings (SSSR count). The van der Waals surface area contributed by atoms with Gasteiger partial charge in [0.05, 0.1) is 11.1 Å². The molecule has 2 aliphatic heterocycles. The molecule has 3 aliphatic rings. The molecule has 10 heteroatoms. The van der Waals surface area contributed by atoms with Gasteiger partial charge in [0.25, 0.3) is 0 Å². The van der Waals surface area contributed by atoms with Crippen molar-refractivity contribution in [2.75, 3.05) is 29.4 Å². The molecule has 0 spiro atoms. The number of anilines is 2. The van der Waals surface area contributed by atoms with Crippen molar-refractivity contribution in [2.24, 2.45) is 5.41 Å². The van der Waals surface area contributed by atoms with Crippen LogP contribution in [0.2, 0.25) is 0 Å². The van der Waals surface area contributed by atoms with Crippen LogP contribution >= 0.6 is 0 Å². The van der Waals surface area contributed by atoms with Gasteiger partial charge in [-0.25, -0.2) is 18.0 Å². The average molecular weight is 544 g/mol. The minimum atomic E-state index is -2.89. The summed E-state index contributed by atoms with van der Waals surface area (Å²) in [7, 11) is 0. The van der Waals surface area contributed by atoms with Gasteiger partial charge in [-0.05, 0) is 56.4 Å². The van der Waals surface area contributed by atoms with E-state index in [1.807, 2.05) is 0 Å². The SMILES string of the molecule is O=C(N1CCC(CC(=O)N(c2ccccc2)C2CCCC(F)(F)C2)(C(=O)O)CC1)N1CCc2c(F)cccc21. The quantitative estimate of drug-likeness (QED) is 0.542. The van der Waals surface area contributed by atoms with Crippen molar-refractivity contribution in [3.8, 4) is 0 Å². The van der Waals surface area contributed by atoms with Crippen LogP contribution < -0.4 is 9.80 Å². The smallest absolute Gasteiger partial charge is 0.324 e. The van der Waals surface area contributed by atoms with Crippen molar-refractivity contribution >= 4 is 29.3 Å². The molecule has 3 amide bonds. The molecule has 0 bridgehead atoms. The minimum absolute atomic E-state index is 0.0487. The number of carbonyl (C=O) groups is 3. The summed E-state index contributed by atoms with van der Waals surface area (Å²) in [6.45, 7) is 0.574. The number of carbonyl (C=O) groups excluding carboxylic acids is 2. The van der Waals surface area contributed by atoms with Crippen molar-refractivity contribution in [1.29, 1.82) is 0 Å². The first-order valence-electron chi connectivity index (χ1n) is 13.4. The number of carboxylic acids is 1. The summed E-state index contributed by atoms with van der Waals surface area (Å²) in [5.74, 6) is -4.89. The lowest BCUT2D eigenvalue weighted by molar-refractivity contribution is -0.154. The number of para-hydroxylation sites is 1. The van der Waals surface area contributed by atoms with E-state index in [1.165, 1.54) is 15.9 Å². The number of rotatable bonds is 5. The fraction of sp³-hybridized carbons (Fsp3) is 0.483. The standard InChI is InChI=1S/C29H32F3N3O4/c30-23-9-4-10-24-22(23)11-15-34(24)27(39)33-16-13-28(14-17-33,26(37)38)19-25(36)35(20-6-2-1-3-7-20)21-8-5-12-29(31,32)18-21/h1-4,6-7,9-10,21H,5,8,11-19H2,(H,37,38). The summed E-state index contributed by atoms with van der Waals surface area (Å²) in [6, 6.07) is 12.1. The topological polar surface area (TPSA) is 81.2 Å². The number of amides is 3. The molecule has 208 valence electrons. The van der Waals surface area contributed by atoms with Crippen molar-refractivity contribution < 1.29 is 32.7 Å². The van der Waals surface area contributed by atoms with Gasteiger partial charge < -0.3 is 14.9 Å². The molecular formula is C29H32F3N3O4. The van der Waals surface area contributed by atoms with E-state index in [9.17, 15) is 32.7 Å². The number of halogens is 3. The van der Waals surface area contributed by atoms with Crippen LogP contribution in [0.3, 0.4) is 0 Å². The second kappa shape index (κ2) is 10.5. The zero-order chi connectivity index (χ0) is 27.8. The third kappa shape index (κ3) is 5.33. The molecule has 1 aliphatic carbocycles. The second-order valence-corrected chi connectivity index (χ2v) is 10.9. The van der Waals surface area contributed by atoms with Crippen LogP contribution in [0.25, 0.3) is 0 Å². The van der Waals surface area contributed by atoms with Crippen LogP contribution in [0.5, 0.6) is 0 Å². The summed E-state index contributed by atoms with van der Waals surface area (Å²) in [5.41, 5.74) is 0.0570. The summed E-state index contributed by atoms with van der Waals surface area (Å²) < 4.78 is 42.8. The first-order chi connectivity index (χ1) is 18.6. The molecular weight excluding hydrogens is 511 g/mol. The molecule has 39 heavy (non-hydrogen) atoms. The fourth-order valence-corrected chi connectivity index (χ4v) is 6.24. The Hall–Kier alpha value is -3.56. The number of nitrogens with zero attached hydrogens (tertiary/aromatic N) is 3. The average Bonchev–Trinajstić information content (AvgIpc) is 3.34. The Morgan fingerprint density at radius 3 is 2.36 bits per heavy atom. The summed E-state index contributed by atoms with van der Waals surface area (Å²) in [6.07, 6.45) is 0.157. The van der Waals surface area contributed by atoms with Crippen LogP contribution in [0.1, 0.15) is 50.5 Å². The highest BCUT2D eigenvalue weighted by Gasteiger charge is 2.47. The number of urea groups is 1. The lowest BCUT2D eigenvalue weighted by Crippen LogP contribution is -2.53. The van der Waals surface area contributed by atoms with Gasteiger partial charge in [0.15, 0.2) is 0 Å². The summed E-state index contributed by atoms with van der Waals surface area (Å²) >= 11 is 0. The molecule has 2 aromatic rings. The number of hydrogen-bond donors (Lipinski definition) is 1. The molecule has 0 aromatic heterocycles.